The van der Waals surface area contributed by atoms with Crippen LogP contribution in [0, 0.1) is 0 Å². The standard InChI is InChI=1S/C7H11O.Pd/c1-3-4-5-6-7(2)8;/h5-6H,2-4H2,1H3;. The molecule has 55 valence electrons. The number of carbonyl (C=O) groups excluding carboxylic acids is 1. The summed E-state index contributed by atoms with van der Waals surface area (Å²) in [5.74, 6) is 0.159. The van der Waals surface area contributed by atoms with Gasteiger partial charge in [0.15, 0.2) is 0 Å². The van der Waals surface area contributed by atoms with Crippen LogP contribution in [0.2, 0.25) is 4.89 Å². The van der Waals surface area contributed by atoms with E-state index in [4.69, 9.17) is 0 Å². The van der Waals surface area contributed by atoms with E-state index in [1.165, 1.54) is 0 Å². The van der Waals surface area contributed by atoms with Gasteiger partial charge in [-0.2, -0.15) is 0 Å². The predicted molar refractivity (Wildman–Crippen MR) is 33.9 cm³/mol. The Morgan fingerprint density at radius 2 is 2.33 bits per heavy atom. The van der Waals surface area contributed by atoms with Crippen molar-refractivity contribution in [2.24, 2.45) is 0 Å². The molecule has 0 heterocycles. The second kappa shape index (κ2) is 6.20. The molecule has 0 aliphatic carbocycles. The number of unbranched alkanes of at least 4 members (excludes halogenated alkanes) is 1. The van der Waals surface area contributed by atoms with Crippen molar-refractivity contribution in [3.05, 3.63) is 12.2 Å². The van der Waals surface area contributed by atoms with Gasteiger partial charge < -0.3 is 0 Å². The topological polar surface area (TPSA) is 17.1 Å². The molecule has 0 fully saturated rings. The first-order valence-corrected chi connectivity index (χ1v) is 4.12. The molecule has 0 aromatic carbocycles. The van der Waals surface area contributed by atoms with Gasteiger partial charge in [0.1, 0.15) is 0 Å². The Labute approximate surface area is 66.9 Å². The average Bonchev–Trinajstić information content (AvgIpc) is 1.89. The number of ketones is 1. The SMILES string of the molecule is CCCC=CC(=O)[CH2][Pd]. The van der Waals surface area contributed by atoms with Crippen LogP contribution in [0.4, 0.5) is 0 Å². The molecule has 0 amide bonds. The van der Waals surface area contributed by atoms with Crippen LogP contribution in [0.3, 0.4) is 0 Å². The summed E-state index contributed by atoms with van der Waals surface area (Å²) in [5.41, 5.74) is 0. The van der Waals surface area contributed by atoms with Crippen molar-refractivity contribution >= 4 is 5.78 Å². The molecule has 0 aromatic rings. The molecule has 0 spiro atoms. The van der Waals surface area contributed by atoms with Gasteiger partial charge in [-0.3, -0.25) is 0 Å². The number of carbonyl (C=O) groups is 1. The van der Waals surface area contributed by atoms with Gasteiger partial charge in [-0.1, -0.05) is 0 Å². The third kappa shape index (κ3) is 5.95. The van der Waals surface area contributed by atoms with E-state index < -0.39 is 0 Å². The molecule has 1 nitrogen and oxygen atoms in total. The van der Waals surface area contributed by atoms with E-state index in [0.29, 0.717) is 4.89 Å². The van der Waals surface area contributed by atoms with Crippen molar-refractivity contribution in [3.63, 3.8) is 0 Å². The molecule has 0 aromatic heterocycles. The van der Waals surface area contributed by atoms with Crippen LogP contribution in [0.15, 0.2) is 12.2 Å². The van der Waals surface area contributed by atoms with Gasteiger partial charge in [0, 0.05) is 0 Å². The molecular weight excluding hydrogens is 206 g/mol. The first-order chi connectivity index (χ1) is 4.31. The molecule has 0 unspecified atom stereocenters. The van der Waals surface area contributed by atoms with Crippen molar-refractivity contribution in [3.8, 4) is 0 Å². The van der Waals surface area contributed by atoms with Crippen LogP contribution in [-0.4, -0.2) is 5.78 Å². The van der Waals surface area contributed by atoms with Crippen LogP contribution in [0.25, 0.3) is 0 Å². The fourth-order valence-corrected chi connectivity index (χ4v) is 0.602. The molecular formula is C7H11OPd. The molecule has 0 N–H and O–H groups in total. The van der Waals surface area contributed by atoms with Crippen molar-refractivity contribution in [1.29, 1.82) is 0 Å². The number of hydrogen-bond acceptors (Lipinski definition) is 1. The van der Waals surface area contributed by atoms with Gasteiger partial charge in [0.05, 0.1) is 0 Å². The first kappa shape index (κ1) is 9.07. The number of hydrogen-bond donors (Lipinski definition) is 0. The Morgan fingerprint density at radius 3 is 2.78 bits per heavy atom. The summed E-state index contributed by atoms with van der Waals surface area (Å²) in [4.78, 5) is 11.0. The molecule has 0 bridgehead atoms. The maximum absolute atomic E-state index is 10.6. The third-order valence-electron chi connectivity index (χ3n) is 0.869. The zero-order chi connectivity index (χ0) is 7.11. The van der Waals surface area contributed by atoms with Crippen molar-refractivity contribution < 1.29 is 24.0 Å². The van der Waals surface area contributed by atoms with Crippen molar-refractivity contribution in [2.75, 3.05) is 0 Å². The van der Waals surface area contributed by atoms with Crippen LogP contribution < -0.4 is 0 Å². The average molecular weight is 218 g/mol. The summed E-state index contributed by atoms with van der Waals surface area (Å²) in [6, 6.07) is 0. The van der Waals surface area contributed by atoms with E-state index in [9.17, 15) is 4.79 Å². The Kier molecular flexibility index (Phi) is 6.25. The fourth-order valence-electron chi connectivity index (χ4n) is 0.419. The molecule has 0 aliphatic heterocycles. The number of rotatable bonds is 4. The molecule has 9 heavy (non-hydrogen) atoms. The molecule has 2 heteroatoms. The van der Waals surface area contributed by atoms with Gasteiger partial charge >= 0.3 is 66.6 Å². The van der Waals surface area contributed by atoms with Crippen molar-refractivity contribution in [2.45, 2.75) is 24.7 Å². The van der Waals surface area contributed by atoms with Crippen LogP contribution in [-0.2, 0) is 24.0 Å². The third-order valence-corrected chi connectivity index (χ3v) is 1.41. The molecule has 0 aliphatic rings. The van der Waals surface area contributed by atoms with E-state index in [1.54, 1.807) is 6.08 Å². The Bertz CT molecular complexity index is 107. The minimum absolute atomic E-state index is 0.159. The summed E-state index contributed by atoms with van der Waals surface area (Å²) < 4.78 is 0. The summed E-state index contributed by atoms with van der Waals surface area (Å²) in [5, 5.41) is 0. The number of allylic oxidation sites excluding steroid dienone is 2. The summed E-state index contributed by atoms with van der Waals surface area (Å²) in [7, 11) is 0. The maximum atomic E-state index is 10.6. The van der Waals surface area contributed by atoms with E-state index in [1.807, 2.05) is 6.08 Å². The van der Waals surface area contributed by atoms with Crippen molar-refractivity contribution in [1.82, 2.24) is 0 Å². The van der Waals surface area contributed by atoms with E-state index >= 15 is 0 Å². The fraction of sp³-hybridized carbons (Fsp3) is 0.571. The van der Waals surface area contributed by atoms with Gasteiger partial charge in [0.2, 0.25) is 0 Å². The first-order valence-electron chi connectivity index (χ1n) is 3.02. The zero-order valence-electron chi connectivity index (χ0n) is 5.50. The van der Waals surface area contributed by atoms with Gasteiger partial charge in [0.25, 0.3) is 0 Å². The van der Waals surface area contributed by atoms with Gasteiger partial charge in [-0.15, -0.1) is 0 Å². The van der Waals surface area contributed by atoms with Crippen LogP contribution in [0.5, 0.6) is 0 Å². The quantitative estimate of drug-likeness (QED) is 0.519. The molecule has 0 saturated heterocycles. The molecule has 0 radical (unpaired) electrons. The summed E-state index contributed by atoms with van der Waals surface area (Å²) in [6.07, 6.45) is 5.65. The normalized spacial score (nSPS) is 10.6. The summed E-state index contributed by atoms with van der Waals surface area (Å²) in [6.45, 7) is 2.09. The Balaban J connectivity index is 3.32. The van der Waals surface area contributed by atoms with Gasteiger partial charge in [-0.05, 0) is 0 Å². The summed E-state index contributed by atoms with van der Waals surface area (Å²) >= 11 is 2.83. The van der Waals surface area contributed by atoms with E-state index in [0.717, 1.165) is 12.8 Å². The zero-order valence-corrected chi connectivity index (χ0v) is 7.06. The minimum atomic E-state index is 0.159. The monoisotopic (exact) mass is 217 g/mol. The van der Waals surface area contributed by atoms with E-state index in [-0.39, 0.29) is 5.78 Å². The Hall–Kier alpha value is 0.0723. The predicted octanol–water partition coefficient (Wildman–Crippen LogP) is 1.88. The van der Waals surface area contributed by atoms with Gasteiger partial charge in [-0.25, -0.2) is 0 Å². The second-order valence-corrected chi connectivity index (χ2v) is 2.32. The molecule has 0 atom stereocenters. The van der Waals surface area contributed by atoms with Crippen LogP contribution >= 0.6 is 0 Å². The second-order valence-electron chi connectivity index (χ2n) is 1.77. The molecule has 0 rings (SSSR count). The van der Waals surface area contributed by atoms with Crippen LogP contribution in [0.1, 0.15) is 19.8 Å². The van der Waals surface area contributed by atoms with E-state index in [2.05, 4.69) is 26.1 Å². The Morgan fingerprint density at radius 1 is 1.67 bits per heavy atom. The molecule has 0 saturated carbocycles.